The number of halogens is 2. The van der Waals surface area contributed by atoms with Gasteiger partial charge in [0.25, 0.3) is 0 Å². The van der Waals surface area contributed by atoms with Gasteiger partial charge in [0.05, 0.1) is 5.52 Å². The number of pyridine rings is 1. The fourth-order valence-electron chi connectivity index (χ4n) is 1.85. The lowest BCUT2D eigenvalue weighted by molar-refractivity contribution is 0.715. The van der Waals surface area contributed by atoms with Crippen molar-refractivity contribution in [2.45, 2.75) is 19.4 Å². The molecule has 0 radical (unpaired) electrons. The number of fused-ring (bicyclic) bond motifs is 1. The van der Waals surface area contributed by atoms with Crippen LogP contribution in [-0.2, 0) is 0 Å². The van der Waals surface area contributed by atoms with Gasteiger partial charge in [-0.25, -0.2) is 4.98 Å². The van der Waals surface area contributed by atoms with E-state index < -0.39 is 0 Å². The molecule has 1 aromatic carbocycles. The van der Waals surface area contributed by atoms with Crippen molar-refractivity contribution in [3.05, 3.63) is 53.2 Å². The lowest BCUT2D eigenvalue weighted by atomic mass is 10.0. The van der Waals surface area contributed by atoms with Crippen molar-refractivity contribution in [1.82, 2.24) is 4.98 Å². The maximum absolute atomic E-state index is 6.16. The molecular formula is C14H16Cl2N2. The first kappa shape index (κ1) is 15.0. The summed E-state index contributed by atoms with van der Waals surface area (Å²) < 4.78 is 0. The van der Waals surface area contributed by atoms with E-state index in [9.17, 15) is 0 Å². The maximum Gasteiger partial charge on any atom is 0.134 e. The van der Waals surface area contributed by atoms with Gasteiger partial charge in [-0.1, -0.05) is 35.4 Å². The molecule has 2 nitrogen and oxygen atoms in total. The van der Waals surface area contributed by atoms with Crippen LogP contribution in [0.2, 0.25) is 5.15 Å². The number of nitrogens with zero attached hydrogens (tertiary/aromatic N) is 1. The Bertz CT molecular complexity index is 567. The first-order valence-corrected chi connectivity index (χ1v) is 5.91. The predicted molar refractivity (Wildman–Crippen MR) is 80.4 cm³/mol. The van der Waals surface area contributed by atoms with E-state index in [0.29, 0.717) is 5.15 Å². The van der Waals surface area contributed by atoms with Gasteiger partial charge in [-0.15, -0.1) is 19.0 Å². The highest BCUT2D eigenvalue weighted by atomic mass is 35.5. The van der Waals surface area contributed by atoms with Crippen LogP contribution in [0.15, 0.2) is 42.5 Å². The summed E-state index contributed by atoms with van der Waals surface area (Å²) in [5, 5.41) is 1.54. The normalized spacial score (nSPS) is 11.9. The molecule has 0 aliphatic carbocycles. The minimum absolute atomic E-state index is 0. The minimum atomic E-state index is -0.142. The minimum Gasteiger partial charge on any atom is -0.324 e. The number of rotatable bonds is 3. The third kappa shape index (κ3) is 3.22. The first-order chi connectivity index (χ1) is 8.08. The SMILES string of the molecule is C=C(C)C[C@@H](N)c1cc2ccccc2nc1Cl.Cl. The summed E-state index contributed by atoms with van der Waals surface area (Å²) in [4.78, 5) is 4.36. The standard InChI is InChI=1S/C14H15ClN2.ClH/c1-9(2)7-12(16)11-8-10-5-3-4-6-13(10)17-14(11)15;/h3-6,8,12H,1,7,16H2,2H3;1H/t12-;/m1./s1. The Morgan fingerprint density at radius 2 is 2.11 bits per heavy atom. The van der Waals surface area contributed by atoms with E-state index in [4.69, 9.17) is 17.3 Å². The van der Waals surface area contributed by atoms with E-state index >= 15 is 0 Å². The molecule has 0 fully saturated rings. The van der Waals surface area contributed by atoms with Crippen molar-refractivity contribution < 1.29 is 0 Å². The summed E-state index contributed by atoms with van der Waals surface area (Å²) in [5.41, 5.74) is 8.92. The van der Waals surface area contributed by atoms with Gasteiger partial charge in [-0.05, 0) is 25.5 Å². The number of hydrogen-bond acceptors (Lipinski definition) is 2. The quantitative estimate of drug-likeness (QED) is 0.674. The van der Waals surface area contributed by atoms with Gasteiger partial charge >= 0.3 is 0 Å². The Morgan fingerprint density at radius 3 is 2.78 bits per heavy atom. The van der Waals surface area contributed by atoms with Gasteiger partial charge in [0.15, 0.2) is 0 Å². The van der Waals surface area contributed by atoms with E-state index in [2.05, 4.69) is 11.6 Å². The van der Waals surface area contributed by atoms with Gasteiger partial charge in [0.1, 0.15) is 5.15 Å². The van der Waals surface area contributed by atoms with Crippen LogP contribution in [-0.4, -0.2) is 4.98 Å². The fourth-order valence-corrected chi connectivity index (χ4v) is 2.14. The number of para-hydroxylation sites is 1. The smallest absolute Gasteiger partial charge is 0.134 e. The van der Waals surface area contributed by atoms with Gasteiger partial charge in [0.2, 0.25) is 0 Å². The van der Waals surface area contributed by atoms with Crippen molar-refractivity contribution in [1.29, 1.82) is 0 Å². The van der Waals surface area contributed by atoms with E-state index in [-0.39, 0.29) is 18.4 Å². The van der Waals surface area contributed by atoms with Crippen molar-refractivity contribution in [2.75, 3.05) is 0 Å². The Hall–Kier alpha value is -1.09. The third-order valence-electron chi connectivity index (χ3n) is 2.67. The number of nitrogens with two attached hydrogens (primary N) is 1. The topological polar surface area (TPSA) is 38.9 Å². The summed E-state index contributed by atoms with van der Waals surface area (Å²) in [6.07, 6.45) is 0.722. The molecule has 18 heavy (non-hydrogen) atoms. The average molecular weight is 283 g/mol. The average Bonchev–Trinajstić information content (AvgIpc) is 2.27. The molecule has 96 valence electrons. The van der Waals surface area contributed by atoms with Crippen LogP contribution in [0.25, 0.3) is 10.9 Å². The molecule has 0 aliphatic heterocycles. The van der Waals surface area contributed by atoms with Crippen LogP contribution in [0.5, 0.6) is 0 Å². The van der Waals surface area contributed by atoms with Crippen LogP contribution in [0.4, 0.5) is 0 Å². The van der Waals surface area contributed by atoms with Crippen molar-refractivity contribution in [3.8, 4) is 0 Å². The number of benzene rings is 1. The second-order valence-electron chi connectivity index (χ2n) is 4.33. The molecule has 4 heteroatoms. The zero-order valence-corrected chi connectivity index (χ0v) is 11.8. The molecule has 0 saturated carbocycles. The monoisotopic (exact) mass is 282 g/mol. The van der Waals surface area contributed by atoms with Gasteiger partial charge < -0.3 is 5.73 Å². The predicted octanol–water partition coefficient (Wildman–Crippen LogP) is 4.28. The van der Waals surface area contributed by atoms with E-state index in [1.807, 2.05) is 37.3 Å². The molecule has 1 atom stereocenters. The summed E-state index contributed by atoms with van der Waals surface area (Å²) in [6, 6.07) is 9.74. The molecule has 0 bridgehead atoms. The number of hydrogen-bond donors (Lipinski definition) is 1. The van der Waals surface area contributed by atoms with Crippen LogP contribution in [0.3, 0.4) is 0 Å². The molecule has 1 aromatic heterocycles. The van der Waals surface area contributed by atoms with Crippen LogP contribution >= 0.6 is 24.0 Å². The molecule has 0 aliphatic rings. The highest BCUT2D eigenvalue weighted by Gasteiger charge is 2.12. The van der Waals surface area contributed by atoms with Crippen LogP contribution in [0, 0.1) is 0 Å². The van der Waals surface area contributed by atoms with E-state index in [1.165, 1.54) is 0 Å². The Balaban J connectivity index is 0.00000162. The molecule has 0 saturated heterocycles. The second-order valence-corrected chi connectivity index (χ2v) is 4.69. The van der Waals surface area contributed by atoms with E-state index in [1.54, 1.807) is 0 Å². The molecule has 2 rings (SSSR count). The van der Waals surface area contributed by atoms with E-state index in [0.717, 1.165) is 28.5 Å². The summed E-state index contributed by atoms with van der Waals surface area (Å²) in [5.74, 6) is 0. The molecule has 0 amide bonds. The second kappa shape index (κ2) is 6.19. The van der Waals surface area contributed by atoms with Crippen molar-refractivity contribution in [3.63, 3.8) is 0 Å². The molecule has 2 aromatic rings. The van der Waals surface area contributed by atoms with Crippen molar-refractivity contribution >= 4 is 34.9 Å². The van der Waals surface area contributed by atoms with Gasteiger partial charge in [0, 0.05) is 17.0 Å². The zero-order valence-electron chi connectivity index (χ0n) is 10.2. The highest BCUT2D eigenvalue weighted by Crippen LogP contribution is 2.27. The zero-order chi connectivity index (χ0) is 12.4. The lowest BCUT2D eigenvalue weighted by Crippen LogP contribution is -2.11. The van der Waals surface area contributed by atoms with Gasteiger partial charge in [-0.3, -0.25) is 0 Å². The molecule has 1 heterocycles. The largest absolute Gasteiger partial charge is 0.324 e. The molecule has 2 N–H and O–H groups in total. The molecule has 0 unspecified atom stereocenters. The van der Waals surface area contributed by atoms with Gasteiger partial charge in [-0.2, -0.15) is 0 Å². The lowest BCUT2D eigenvalue weighted by Gasteiger charge is -2.14. The highest BCUT2D eigenvalue weighted by molar-refractivity contribution is 6.30. The summed E-state index contributed by atoms with van der Waals surface area (Å²) in [7, 11) is 0. The first-order valence-electron chi connectivity index (χ1n) is 5.53. The Morgan fingerprint density at radius 1 is 1.44 bits per heavy atom. The third-order valence-corrected chi connectivity index (χ3v) is 2.98. The number of aromatic nitrogens is 1. The summed E-state index contributed by atoms with van der Waals surface area (Å²) >= 11 is 6.16. The molecular weight excluding hydrogens is 267 g/mol. The summed E-state index contributed by atoms with van der Waals surface area (Å²) in [6.45, 7) is 5.83. The fraction of sp³-hybridized carbons (Fsp3) is 0.214. The van der Waals surface area contributed by atoms with Crippen molar-refractivity contribution in [2.24, 2.45) is 5.73 Å². The van der Waals surface area contributed by atoms with Crippen LogP contribution in [0.1, 0.15) is 24.9 Å². The Labute approximate surface area is 118 Å². The van der Waals surface area contributed by atoms with Crippen LogP contribution < -0.4 is 5.73 Å². The maximum atomic E-state index is 6.16. The molecule has 0 spiro atoms. The Kier molecular flexibility index (Phi) is 5.15.